The Kier molecular flexibility index (Phi) is 6.67. The molecule has 0 aliphatic carbocycles. The van der Waals surface area contributed by atoms with Crippen molar-refractivity contribution in [3.05, 3.63) is 82.9 Å². The smallest absolute Gasteiger partial charge is 0.207 e. The fourth-order valence-electron chi connectivity index (χ4n) is 4.65. The third-order valence-corrected chi connectivity index (χ3v) is 6.89. The van der Waals surface area contributed by atoms with Gasteiger partial charge in [-0.1, -0.05) is 69.6 Å². The van der Waals surface area contributed by atoms with Crippen LogP contribution in [0.4, 0.5) is 0 Å². The maximum atomic E-state index is 6.87. The molecular weight excluding hydrogens is 412 g/mol. The lowest BCUT2D eigenvalue weighted by molar-refractivity contribution is 0.593. The van der Waals surface area contributed by atoms with Gasteiger partial charge in [0.2, 0.25) is 0 Å². The standard InChI is InChI=1S/C30H32ClO/c1-6-9-21(8-3)23-12-15-26-29(18-23)32-28-16-19(4)10-13-25(28)30(26)24-14-11-22(17-27(24)31)20(5)7-2/h10-18,21H,5-9H2,1-4H3/q+1. The number of hydrogen-bond acceptors (Lipinski definition) is 0. The first-order chi connectivity index (χ1) is 15.5. The summed E-state index contributed by atoms with van der Waals surface area (Å²) in [5.41, 5.74) is 8.70. The molecule has 3 aromatic carbocycles. The van der Waals surface area contributed by atoms with Crippen molar-refractivity contribution in [2.75, 3.05) is 0 Å². The van der Waals surface area contributed by atoms with E-state index in [-0.39, 0.29) is 0 Å². The highest BCUT2D eigenvalue weighted by atomic mass is 35.5. The van der Waals surface area contributed by atoms with Gasteiger partial charge in [-0.05, 0) is 72.6 Å². The maximum absolute atomic E-state index is 6.87. The minimum absolute atomic E-state index is 0.555. The van der Waals surface area contributed by atoms with Gasteiger partial charge in [0.1, 0.15) is 0 Å². The first kappa shape index (κ1) is 22.6. The van der Waals surface area contributed by atoms with E-state index in [1.54, 1.807) is 0 Å². The molecule has 0 aliphatic heterocycles. The molecular formula is C30H32ClO+. The van der Waals surface area contributed by atoms with Crippen LogP contribution in [-0.4, -0.2) is 0 Å². The summed E-state index contributed by atoms with van der Waals surface area (Å²) in [7, 11) is 0. The predicted molar refractivity (Wildman–Crippen MR) is 141 cm³/mol. The molecule has 32 heavy (non-hydrogen) atoms. The maximum Gasteiger partial charge on any atom is 0.361 e. The van der Waals surface area contributed by atoms with Crippen molar-refractivity contribution < 1.29 is 4.42 Å². The number of hydrogen-bond donors (Lipinski definition) is 0. The van der Waals surface area contributed by atoms with Crippen LogP contribution in [0.3, 0.4) is 0 Å². The lowest BCUT2D eigenvalue weighted by Crippen LogP contribution is -1.97. The van der Waals surface area contributed by atoms with Crippen molar-refractivity contribution in [2.45, 2.75) is 59.3 Å². The molecule has 0 N–H and O–H groups in total. The van der Waals surface area contributed by atoms with E-state index in [0.717, 1.165) is 62.1 Å². The summed E-state index contributed by atoms with van der Waals surface area (Å²) >= 11 is 6.87. The normalized spacial score (nSPS) is 12.4. The molecule has 4 rings (SSSR count). The van der Waals surface area contributed by atoms with Crippen LogP contribution in [0, 0.1) is 6.92 Å². The zero-order valence-corrected chi connectivity index (χ0v) is 20.4. The van der Waals surface area contributed by atoms with Crippen LogP contribution in [-0.2, 0) is 0 Å². The van der Waals surface area contributed by atoms with Crippen LogP contribution in [0.2, 0.25) is 5.02 Å². The van der Waals surface area contributed by atoms with Crippen molar-refractivity contribution in [3.63, 3.8) is 0 Å². The Hall–Kier alpha value is -2.64. The highest BCUT2D eigenvalue weighted by Gasteiger charge is 2.23. The number of halogens is 1. The summed E-state index contributed by atoms with van der Waals surface area (Å²) in [6.07, 6.45) is 4.41. The zero-order valence-electron chi connectivity index (χ0n) is 19.6. The van der Waals surface area contributed by atoms with E-state index in [1.165, 1.54) is 24.0 Å². The molecule has 0 spiro atoms. The second-order valence-electron chi connectivity index (χ2n) is 8.78. The summed E-state index contributed by atoms with van der Waals surface area (Å²) < 4.78 is 6.46. The summed E-state index contributed by atoms with van der Waals surface area (Å²) in [6, 6.07) is 19.4. The second-order valence-corrected chi connectivity index (χ2v) is 9.19. The Balaban J connectivity index is 2.00. The fourth-order valence-corrected chi connectivity index (χ4v) is 4.93. The zero-order chi connectivity index (χ0) is 22.8. The van der Waals surface area contributed by atoms with Crippen LogP contribution in [0.1, 0.15) is 69.1 Å². The van der Waals surface area contributed by atoms with Crippen LogP contribution in [0.25, 0.3) is 38.6 Å². The molecule has 1 nitrogen and oxygen atoms in total. The lowest BCUT2D eigenvalue weighted by atomic mass is 9.89. The SMILES string of the molecule is C=C(CC)c1ccc(-c2c3ccc(C)cc3[o+]c3cc(C(CC)CCC)ccc23)c(Cl)c1. The summed E-state index contributed by atoms with van der Waals surface area (Å²) in [5, 5.41) is 2.92. The van der Waals surface area contributed by atoms with Crippen molar-refractivity contribution in [1.29, 1.82) is 0 Å². The van der Waals surface area contributed by atoms with Crippen LogP contribution < -0.4 is 0 Å². The molecule has 0 radical (unpaired) electrons. The quantitative estimate of drug-likeness (QED) is 0.204. The Morgan fingerprint density at radius 2 is 1.66 bits per heavy atom. The predicted octanol–water partition coefficient (Wildman–Crippen LogP) is 10.2. The van der Waals surface area contributed by atoms with E-state index in [2.05, 4.69) is 82.8 Å². The third kappa shape index (κ3) is 4.19. The Labute approximate surface area is 196 Å². The largest absolute Gasteiger partial charge is 0.361 e. The Morgan fingerprint density at radius 3 is 2.31 bits per heavy atom. The van der Waals surface area contributed by atoms with Gasteiger partial charge < -0.3 is 0 Å². The minimum atomic E-state index is 0.555. The van der Waals surface area contributed by atoms with Gasteiger partial charge >= 0.3 is 11.2 Å². The molecule has 0 saturated carbocycles. The van der Waals surface area contributed by atoms with Gasteiger partial charge in [-0.3, -0.25) is 0 Å². The Bertz CT molecular complexity index is 1300. The highest BCUT2D eigenvalue weighted by molar-refractivity contribution is 6.34. The molecule has 1 heterocycles. The summed E-state index contributed by atoms with van der Waals surface area (Å²) in [5.74, 6) is 0.555. The average Bonchev–Trinajstić information content (AvgIpc) is 2.80. The van der Waals surface area contributed by atoms with Crippen molar-refractivity contribution >= 4 is 39.1 Å². The van der Waals surface area contributed by atoms with Crippen molar-refractivity contribution in [2.24, 2.45) is 0 Å². The summed E-state index contributed by atoms with van der Waals surface area (Å²) in [6.45, 7) is 12.9. The van der Waals surface area contributed by atoms with Crippen molar-refractivity contribution in [3.8, 4) is 11.1 Å². The minimum Gasteiger partial charge on any atom is -0.207 e. The van der Waals surface area contributed by atoms with E-state index in [4.69, 9.17) is 16.0 Å². The fraction of sp³-hybridized carbons (Fsp3) is 0.300. The number of aryl methyl sites for hydroxylation is 1. The molecule has 0 fully saturated rings. The van der Waals surface area contributed by atoms with Gasteiger partial charge in [-0.15, -0.1) is 0 Å². The number of allylic oxidation sites excluding steroid dienone is 1. The van der Waals surface area contributed by atoms with Gasteiger partial charge in [0.05, 0.1) is 10.8 Å². The molecule has 164 valence electrons. The van der Waals surface area contributed by atoms with E-state index >= 15 is 0 Å². The van der Waals surface area contributed by atoms with Crippen LogP contribution >= 0.6 is 11.6 Å². The topological polar surface area (TPSA) is 11.3 Å². The molecule has 0 saturated heterocycles. The molecule has 4 aromatic rings. The van der Waals surface area contributed by atoms with Gasteiger partial charge in [-0.2, -0.15) is 0 Å². The van der Waals surface area contributed by atoms with Gasteiger partial charge in [-0.25, -0.2) is 4.42 Å². The van der Waals surface area contributed by atoms with Crippen LogP contribution in [0.15, 0.2) is 65.6 Å². The second kappa shape index (κ2) is 9.46. The average molecular weight is 444 g/mol. The first-order valence-corrected chi connectivity index (χ1v) is 12.1. The molecule has 2 heteroatoms. The van der Waals surface area contributed by atoms with Gasteiger partial charge in [0.25, 0.3) is 0 Å². The van der Waals surface area contributed by atoms with Gasteiger partial charge in [0.15, 0.2) is 0 Å². The molecule has 0 bridgehead atoms. The summed E-state index contributed by atoms with van der Waals surface area (Å²) in [4.78, 5) is 0. The van der Waals surface area contributed by atoms with E-state index in [9.17, 15) is 0 Å². The lowest BCUT2D eigenvalue weighted by Gasteiger charge is -2.14. The van der Waals surface area contributed by atoms with Gasteiger partial charge in [0, 0.05) is 28.3 Å². The van der Waals surface area contributed by atoms with E-state index < -0.39 is 0 Å². The van der Waals surface area contributed by atoms with E-state index in [1.807, 2.05) is 6.07 Å². The monoisotopic (exact) mass is 443 g/mol. The van der Waals surface area contributed by atoms with E-state index in [0.29, 0.717) is 5.92 Å². The molecule has 0 amide bonds. The highest BCUT2D eigenvalue weighted by Crippen LogP contribution is 2.41. The molecule has 1 aromatic heterocycles. The van der Waals surface area contributed by atoms with Crippen molar-refractivity contribution in [1.82, 2.24) is 0 Å². The molecule has 1 unspecified atom stereocenters. The van der Waals surface area contributed by atoms with Crippen LogP contribution in [0.5, 0.6) is 0 Å². The molecule has 1 atom stereocenters. The molecule has 0 aliphatic rings. The third-order valence-electron chi connectivity index (χ3n) is 6.58. The Morgan fingerprint density at radius 1 is 0.938 bits per heavy atom. The number of rotatable bonds is 7. The first-order valence-electron chi connectivity index (χ1n) is 11.7. The number of benzene rings is 3. The number of fused-ring (bicyclic) bond motifs is 2.